The van der Waals surface area contributed by atoms with E-state index in [1.165, 1.54) is 4.90 Å². The Bertz CT molecular complexity index is 674. The Morgan fingerprint density at radius 1 is 0.952 bits per heavy atom. The van der Waals surface area contributed by atoms with Crippen LogP contribution >= 0.6 is 0 Å². The highest BCUT2D eigenvalue weighted by molar-refractivity contribution is 6.21. The van der Waals surface area contributed by atoms with Crippen LogP contribution in [0.1, 0.15) is 26.3 Å². The van der Waals surface area contributed by atoms with Crippen molar-refractivity contribution < 1.29 is 14.3 Å². The van der Waals surface area contributed by atoms with Gasteiger partial charge in [-0.15, -0.1) is 0 Å². The Kier molecular flexibility index (Phi) is 3.44. The lowest BCUT2D eigenvalue weighted by atomic mass is 10.1. The summed E-state index contributed by atoms with van der Waals surface area (Å²) >= 11 is 0. The summed E-state index contributed by atoms with van der Waals surface area (Å²) in [4.78, 5) is 25.5. The predicted octanol–water partition coefficient (Wildman–Crippen LogP) is 2.67. The first-order valence-electron chi connectivity index (χ1n) is 6.81. The largest absolute Gasteiger partial charge is 0.492 e. The van der Waals surface area contributed by atoms with Crippen LogP contribution in [0.15, 0.2) is 48.5 Å². The zero-order chi connectivity index (χ0) is 14.8. The van der Waals surface area contributed by atoms with Gasteiger partial charge in [0, 0.05) is 0 Å². The molecule has 4 nitrogen and oxygen atoms in total. The van der Waals surface area contributed by atoms with Crippen LogP contribution in [-0.4, -0.2) is 29.9 Å². The van der Waals surface area contributed by atoms with E-state index in [2.05, 4.69) is 0 Å². The molecule has 2 aromatic rings. The molecule has 0 bridgehead atoms. The summed E-state index contributed by atoms with van der Waals surface area (Å²) in [7, 11) is 0. The van der Waals surface area contributed by atoms with Gasteiger partial charge in [0.1, 0.15) is 12.4 Å². The highest BCUT2D eigenvalue weighted by atomic mass is 16.5. The van der Waals surface area contributed by atoms with E-state index in [4.69, 9.17) is 4.74 Å². The molecule has 2 amide bonds. The molecule has 2 aromatic carbocycles. The molecule has 0 saturated carbocycles. The summed E-state index contributed by atoms with van der Waals surface area (Å²) < 4.78 is 5.60. The van der Waals surface area contributed by atoms with Crippen LogP contribution in [0.2, 0.25) is 0 Å². The Morgan fingerprint density at radius 2 is 1.62 bits per heavy atom. The van der Waals surface area contributed by atoms with Crippen LogP contribution in [0.25, 0.3) is 0 Å². The van der Waals surface area contributed by atoms with Crippen LogP contribution in [0.5, 0.6) is 5.75 Å². The lowest BCUT2D eigenvalue weighted by molar-refractivity contribution is 0.0631. The number of benzene rings is 2. The van der Waals surface area contributed by atoms with E-state index in [9.17, 15) is 9.59 Å². The summed E-state index contributed by atoms with van der Waals surface area (Å²) in [6.07, 6.45) is 0. The van der Waals surface area contributed by atoms with Crippen molar-refractivity contribution in [1.82, 2.24) is 4.90 Å². The second-order valence-electron chi connectivity index (χ2n) is 4.97. The zero-order valence-corrected chi connectivity index (χ0v) is 11.7. The van der Waals surface area contributed by atoms with Crippen molar-refractivity contribution in [2.45, 2.75) is 6.92 Å². The van der Waals surface area contributed by atoms with E-state index in [0.29, 0.717) is 11.1 Å². The highest BCUT2D eigenvalue weighted by Gasteiger charge is 2.34. The quantitative estimate of drug-likeness (QED) is 0.809. The monoisotopic (exact) mass is 281 g/mol. The standard InChI is InChI=1S/C17H15NO3/c1-12-5-4-6-13(11-12)21-10-9-18-16(19)14-7-2-3-8-15(14)17(18)20/h2-8,11H,9-10H2,1H3. The van der Waals surface area contributed by atoms with Gasteiger partial charge in [-0.05, 0) is 36.8 Å². The van der Waals surface area contributed by atoms with E-state index >= 15 is 0 Å². The van der Waals surface area contributed by atoms with Crippen molar-refractivity contribution in [1.29, 1.82) is 0 Å². The molecule has 0 saturated heterocycles. The summed E-state index contributed by atoms with van der Waals surface area (Å²) in [5.74, 6) is 0.249. The number of nitrogens with zero attached hydrogens (tertiary/aromatic N) is 1. The van der Waals surface area contributed by atoms with E-state index in [-0.39, 0.29) is 25.0 Å². The van der Waals surface area contributed by atoms with E-state index < -0.39 is 0 Å². The fraction of sp³-hybridized carbons (Fsp3) is 0.176. The van der Waals surface area contributed by atoms with Crippen LogP contribution < -0.4 is 4.74 Å². The first kappa shape index (κ1) is 13.4. The first-order chi connectivity index (χ1) is 10.2. The minimum atomic E-state index is -0.247. The van der Waals surface area contributed by atoms with Crippen molar-refractivity contribution in [2.75, 3.05) is 13.2 Å². The lowest BCUT2D eigenvalue weighted by Gasteiger charge is -2.14. The van der Waals surface area contributed by atoms with Crippen molar-refractivity contribution >= 4 is 11.8 Å². The third-order valence-corrected chi connectivity index (χ3v) is 3.45. The Hall–Kier alpha value is -2.62. The van der Waals surface area contributed by atoms with Gasteiger partial charge in [-0.2, -0.15) is 0 Å². The molecule has 0 aromatic heterocycles. The number of imide groups is 1. The van der Waals surface area contributed by atoms with Crippen LogP contribution in [-0.2, 0) is 0 Å². The summed E-state index contributed by atoms with van der Waals surface area (Å²) in [5.41, 5.74) is 2.05. The highest BCUT2D eigenvalue weighted by Crippen LogP contribution is 2.22. The third-order valence-electron chi connectivity index (χ3n) is 3.45. The molecule has 0 spiro atoms. The fourth-order valence-electron chi connectivity index (χ4n) is 2.40. The number of fused-ring (bicyclic) bond motifs is 1. The van der Waals surface area contributed by atoms with Crippen LogP contribution in [0.3, 0.4) is 0 Å². The summed E-state index contributed by atoms with van der Waals surface area (Å²) in [6, 6.07) is 14.5. The van der Waals surface area contributed by atoms with Crippen LogP contribution in [0.4, 0.5) is 0 Å². The minimum absolute atomic E-state index is 0.247. The van der Waals surface area contributed by atoms with Gasteiger partial charge in [0.05, 0.1) is 17.7 Å². The van der Waals surface area contributed by atoms with Crippen LogP contribution in [0, 0.1) is 6.92 Å². The number of hydrogen-bond donors (Lipinski definition) is 0. The number of rotatable bonds is 4. The van der Waals surface area contributed by atoms with E-state index in [0.717, 1.165) is 11.3 Å². The topological polar surface area (TPSA) is 46.6 Å². The van der Waals surface area contributed by atoms with Gasteiger partial charge in [-0.1, -0.05) is 24.3 Å². The minimum Gasteiger partial charge on any atom is -0.492 e. The van der Waals surface area contributed by atoms with Gasteiger partial charge >= 0.3 is 0 Å². The average molecular weight is 281 g/mol. The number of carbonyl (C=O) groups excluding carboxylic acids is 2. The SMILES string of the molecule is Cc1cccc(OCCN2C(=O)c3ccccc3C2=O)c1. The molecule has 0 atom stereocenters. The maximum absolute atomic E-state index is 12.2. The van der Waals surface area contributed by atoms with Crippen molar-refractivity contribution in [3.05, 3.63) is 65.2 Å². The van der Waals surface area contributed by atoms with Crippen molar-refractivity contribution in [2.24, 2.45) is 0 Å². The molecule has 3 rings (SSSR count). The Morgan fingerprint density at radius 3 is 2.24 bits per heavy atom. The number of aryl methyl sites for hydroxylation is 1. The van der Waals surface area contributed by atoms with Crippen molar-refractivity contribution in [3.63, 3.8) is 0 Å². The molecule has 0 fully saturated rings. The van der Waals surface area contributed by atoms with E-state index in [1.807, 2.05) is 31.2 Å². The molecule has 0 unspecified atom stereocenters. The second-order valence-corrected chi connectivity index (χ2v) is 4.97. The molecule has 0 radical (unpaired) electrons. The molecule has 4 heteroatoms. The molecule has 106 valence electrons. The normalized spacial score (nSPS) is 13.5. The van der Waals surface area contributed by atoms with Gasteiger partial charge in [-0.25, -0.2) is 0 Å². The Balaban J connectivity index is 1.65. The second kappa shape index (κ2) is 5.40. The Labute approximate surface area is 123 Å². The molecule has 21 heavy (non-hydrogen) atoms. The maximum atomic E-state index is 12.2. The first-order valence-corrected chi connectivity index (χ1v) is 6.81. The fourth-order valence-corrected chi connectivity index (χ4v) is 2.40. The van der Waals surface area contributed by atoms with Gasteiger partial charge in [-0.3, -0.25) is 14.5 Å². The smallest absolute Gasteiger partial charge is 0.261 e. The molecule has 0 N–H and O–H groups in total. The van der Waals surface area contributed by atoms with Crippen molar-refractivity contribution in [3.8, 4) is 5.75 Å². The number of amides is 2. The van der Waals surface area contributed by atoms with Gasteiger partial charge < -0.3 is 4.74 Å². The molecule has 1 aliphatic rings. The molecule has 1 aliphatic heterocycles. The molecular weight excluding hydrogens is 266 g/mol. The average Bonchev–Trinajstić information content (AvgIpc) is 2.73. The van der Waals surface area contributed by atoms with Gasteiger partial charge in [0.2, 0.25) is 0 Å². The molecule has 0 aliphatic carbocycles. The third kappa shape index (κ3) is 2.52. The molecular formula is C17H15NO3. The lowest BCUT2D eigenvalue weighted by Crippen LogP contribution is -2.33. The molecule has 1 heterocycles. The van der Waals surface area contributed by atoms with Gasteiger partial charge in [0.15, 0.2) is 0 Å². The zero-order valence-electron chi connectivity index (χ0n) is 11.7. The maximum Gasteiger partial charge on any atom is 0.261 e. The number of ether oxygens (including phenoxy) is 1. The van der Waals surface area contributed by atoms with E-state index in [1.54, 1.807) is 24.3 Å². The summed E-state index contributed by atoms with van der Waals surface area (Å²) in [5, 5.41) is 0. The number of hydrogen-bond acceptors (Lipinski definition) is 3. The summed E-state index contributed by atoms with van der Waals surface area (Å²) in [6.45, 7) is 2.52. The van der Waals surface area contributed by atoms with Gasteiger partial charge in [0.25, 0.3) is 11.8 Å². The number of carbonyl (C=O) groups is 2. The predicted molar refractivity (Wildman–Crippen MR) is 78.5 cm³/mol.